The predicted octanol–water partition coefficient (Wildman–Crippen LogP) is 3.96. The number of anilines is 1. The van der Waals surface area contributed by atoms with Crippen molar-refractivity contribution in [3.05, 3.63) is 23.2 Å². The van der Waals surface area contributed by atoms with Crippen molar-refractivity contribution >= 4 is 29.2 Å². The molecule has 1 aromatic rings. The zero-order valence-electron chi connectivity index (χ0n) is 13.2. The number of carboxylic acids is 1. The molecule has 1 amide bonds. The summed E-state index contributed by atoms with van der Waals surface area (Å²) in [6.45, 7) is 2.57. The number of hydrogen-bond acceptors (Lipinski definition) is 3. The summed E-state index contributed by atoms with van der Waals surface area (Å²) in [5, 5.41) is 12.4. The molecule has 0 saturated heterocycles. The van der Waals surface area contributed by atoms with Crippen LogP contribution >= 0.6 is 11.6 Å². The van der Waals surface area contributed by atoms with Gasteiger partial charge in [-0.25, -0.2) is 0 Å². The fourth-order valence-corrected chi connectivity index (χ4v) is 2.95. The van der Waals surface area contributed by atoms with E-state index in [1.165, 1.54) is 0 Å². The minimum absolute atomic E-state index is 0.0996. The molecule has 6 heteroatoms. The number of hydrogen-bond donors (Lipinski definition) is 2. The number of rotatable bonds is 6. The fraction of sp³-hybridized carbons (Fsp3) is 0.529. The third-order valence-electron chi connectivity index (χ3n) is 4.11. The van der Waals surface area contributed by atoms with Gasteiger partial charge in [0.05, 0.1) is 18.2 Å². The van der Waals surface area contributed by atoms with Crippen molar-refractivity contribution in [3.8, 4) is 5.75 Å². The SMILES string of the molecule is CCCOc1ccc(Cl)cc1NC(=O)C1CCC(C(=O)O)CC1. The number of aliphatic carboxylic acids is 1. The van der Waals surface area contributed by atoms with Crippen molar-refractivity contribution < 1.29 is 19.4 Å². The summed E-state index contributed by atoms with van der Waals surface area (Å²) in [7, 11) is 0. The Hall–Kier alpha value is -1.75. The van der Waals surface area contributed by atoms with Crippen LogP contribution in [0.5, 0.6) is 5.75 Å². The highest BCUT2D eigenvalue weighted by Crippen LogP contribution is 2.32. The molecule has 0 aromatic heterocycles. The van der Waals surface area contributed by atoms with Crippen molar-refractivity contribution in [1.29, 1.82) is 0 Å². The molecule has 2 N–H and O–H groups in total. The first-order valence-electron chi connectivity index (χ1n) is 7.97. The molecule has 2 rings (SSSR count). The second-order valence-corrected chi connectivity index (χ2v) is 6.30. The lowest BCUT2D eigenvalue weighted by Gasteiger charge is -2.25. The van der Waals surface area contributed by atoms with Gasteiger partial charge in [-0.3, -0.25) is 9.59 Å². The summed E-state index contributed by atoms with van der Waals surface area (Å²) in [5.41, 5.74) is 0.566. The van der Waals surface area contributed by atoms with Crippen molar-refractivity contribution in [1.82, 2.24) is 0 Å². The van der Waals surface area contributed by atoms with E-state index >= 15 is 0 Å². The Balaban J connectivity index is 2.00. The summed E-state index contributed by atoms with van der Waals surface area (Å²) in [6, 6.07) is 5.14. The van der Waals surface area contributed by atoms with Crippen LogP contribution in [0.3, 0.4) is 0 Å². The maximum Gasteiger partial charge on any atom is 0.306 e. The van der Waals surface area contributed by atoms with Gasteiger partial charge in [-0.15, -0.1) is 0 Å². The fourth-order valence-electron chi connectivity index (χ4n) is 2.78. The van der Waals surface area contributed by atoms with E-state index < -0.39 is 5.97 Å². The topological polar surface area (TPSA) is 75.6 Å². The normalized spacial score (nSPS) is 20.8. The van der Waals surface area contributed by atoms with Crippen molar-refractivity contribution in [2.24, 2.45) is 11.8 Å². The third-order valence-corrected chi connectivity index (χ3v) is 4.34. The molecular formula is C17H22ClNO4. The highest BCUT2D eigenvalue weighted by molar-refractivity contribution is 6.31. The number of nitrogens with one attached hydrogen (secondary N) is 1. The van der Waals surface area contributed by atoms with E-state index in [0.29, 0.717) is 48.7 Å². The van der Waals surface area contributed by atoms with Gasteiger partial charge in [0.25, 0.3) is 0 Å². The predicted molar refractivity (Wildman–Crippen MR) is 89.0 cm³/mol. The maximum atomic E-state index is 12.4. The summed E-state index contributed by atoms with van der Waals surface area (Å²) < 4.78 is 5.63. The van der Waals surface area contributed by atoms with Crippen LogP contribution < -0.4 is 10.1 Å². The van der Waals surface area contributed by atoms with E-state index in [0.717, 1.165) is 6.42 Å². The van der Waals surface area contributed by atoms with Gasteiger partial charge in [0.15, 0.2) is 0 Å². The molecule has 23 heavy (non-hydrogen) atoms. The van der Waals surface area contributed by atoms with Crippen LogP contribution in [0.1, 0.15) is 39.0 Å². The Morgan fingerprint density at radius 3 is 2.52 bits per heavy atom. The Kier molecular flexibility index (Phi) is 6.28. The summed E-state index contributed by atoms with van der Waals surface area (Å²) in [5.74, 6) is -0.757. The lowest BCUT2D eigenvalue weighted by Crippen LogP contribution is -2.29. The highest BCUT2D eigenvalue weighted by atomic mass is 35.5. The molecule has 1 aromatic carbocycles. The highest BCUT2D eigenvalue weighted by Gasteiger charge is 2.30. The van der Waals surface area contributed by atoms with Crippen molar-refractivity contribution in [2.45, 2.75) is 39.0 Å². The summed E-state index contributed by atoms with van der Waals surface area (Å²) in [6.07, 6.45) is 3.14. The molecule has 1 saturated carbocycles. The second kappa shape index (κ2) is 8.20. The van der Waals surface area contributed by atoms with E-state index in [1.807, 2.05) is 6.92 Å². The average Bonchev–Trinajstić information content (AvgIpc) is 2.54. The lowest BCUT2D eigenvalue weighted by atomic mass is 9.81. The largest absolute Gasteiger partial charge is 0.491 e. The molecule has 0 bridgehead atoms. The van der Waals surface area contributed by atoms with E-state index in [1.54, 1.807) is 18.2 Å². The quantitative estimate of drug-likeness (QED) is 0.822. The molecule has 0 heterocycles. The van der Waals surface area contributed by atoms with Crippen molar-refractivity contribution in [2.75, 3.05) is 11.9 Å². The number of ether oxygens (including phenoxy) is 1. The van der Waals surface area contributed by atoms with Gasteiger partial charge in [-0.1, -0.05) is 18.5 Å². The Morgan fingerprint density at radius 1 is 1.26 bits per heavy atom. The van der Waals surface area contributed by atoms with Crippen LogP contribution in [0.2, 0.25) is 5.02 Å². The molecule has 0 spiro atoms. The standard InChI is InChI=1S/C17H22ClNO4/c1-2-9-23-15-8-7-13(18)10-14(15)19-16(20)11-3-5-12(6-4-11)17(21)22/h7-8,10-12H,2-6,9H2,1H3,(H,19,20)(H,21,22). The van der Waals surface area contributed by atoms with E-state index in [9.17, 15) is 9.59 Å². The zero-order chi connectivity index (χ0) is 16.8. The van der Waals surface area contributed by atoms with Gasteiger partial charge < -0.3 is 15.2 Å². The number of halogens is 1. The average molecular weight is 340 g/mol. The first kappa shape index (κ1) is 17.6. The molecule has 1 fully saturated rings. The molecule has 5 nitrogen and oxygen atoms in total. The summed E-state index contributed by atoms with van der Waals surface area (Å²) >= 11 is 6.00. The van der Waals surface area contributed by atoms with Gasteiger partial charge in [0.2, 0.25) is 5.91 Å². The minimum atomic E-state index is -0.769. The monoisotopic (exact) mass is 339 g/mol. The molecule has 1 aliphatic carbocycles. The molecule has 0 atom stereocenters. The smallest absolute Gasteiger partial charge is 0.306 e. The Morgan fingerprint density at radius 2 is 1.91 bits per heavy atom. The van der Waals surface area contributed by atoms with E-state index in [4.69, 9.17) is 21.4 Å². The molecular weight excluding hydrogens is 318 g/mol. The molecule has 0 aliphatic heterocycles. The van der Waals surface area contributed by atoms with Crippen LogP contribution in [0.25, 0.3) is 0 Å². The Labute approximate surface area is 141 Å². The van der Waals surface area contributed by atoms with Gasteiger partial charge in [-0.05, 0) is 50.3 Å². The number of amides is 1. The number of carbonyl (C=O) groups is 2. The van der Waals surface area contributed by atoms with Gasteiger partial charge in [0, 0.05) is 10.9 Å². The first-order chi connectivity index (χ1) is 11.0. The summed E-state index contributed by atoms with van der Waals surface area (Å²) in [4.78, 5) is 23.4. The van der Waals surface area contributed by atoms with Gasteiger partial charge in [0.1, 0.15) is 5.75 Å². The number of carboxylic acid groups (broad SMARTS) is 1. The van der Waals surface area contributed by atoms with Crippen LogP contribution in [-0.2, 0) is 9.59 Å². The maximum absolute atomic E-state index is 12.4. The minimum Gasteiger partial charge on any atom is -0.491 e. The molecule has 126 valence electrons. The molecule has 0 unspecified atom stereocenters. The lowest BCUT2D eigenvalue weighted by molar-refractivity contribution is -0.143. The Bertz CT molecular complexity index is 568. The van der Waals surface area contributed by atoms with Gasteiger partial charge in [-0.2, -0.15) is 0 Å². The van der Waals surface area contributed by atoms with E-state index in [-0.39, 0.29) is 17.7 Å². The molecule has 1 aliphatic rings. The first-order valence-corrected chi connectivity index (χ1v) is 8.35. The molecule has 0 radical (unpaired) electrons. The third kappa shape index (κ3) is 4.86. The van der Waals surface area contributed by atoms with Crippen molar-refractivity contribution in [3.63, 3.8) is 0 Å². The van der Waals surface area contributed by atoms with E-state index in [2.05, 4.69) is 5.32 Å². The number of benzene rings is 1. The van der Waals surface area contributed by atoms with Crippen LogP contribution in [0.4, 0.5) is 5.69 Å². The van der Waals surface area contributed by atoms with Gasteiger partial charge >= 0.3 is 5.97 Å². The van der Waals surface area contributed by atoms with Crippen LogP contribution in [0, 0.1) is 11.8 Å². The van der Waals surface area contributed by atoms with Crippen LogP contribution in [0.15, 0.2) is 18.2 Å². The second-order valence-electron chi connectivity index (χ2n) is 5.86. The zero-order valence-corrected chi connectivity index (χ0v) is 13.9. The number of carbonyl (C=O) groups excluding carboxylic acids is 1. The van der Waals surface area contributed by atoms with Crippen LogP contribution in [-0.4, -0.2) is 23.6 Å².